The van der Waals surface area contributed by atoms with Crippen LogP contribution in [-0.4, -0.2) is 24.6 Å². The zero-order valence-electron chi connectivity index (χ0n) is 10.2. The van der Waals surface area contributed by atoms with E-state index in [1.165, 1.54) is 24.8 Å². The van der Waals surface area contributed by atoms with E-state index in [1.54, 1.807) is 0 Å². The maximum Gasteiger partial charge on any atom is 0.128 e. The van der Waals surface area contributed by atoms with E-state index in [9.17, 15) is 0 Å². The first-order valence-electron chi connectivity index (χ1n) is 6.19. The minimum atomic E-state index is 0.728. The average Bonchev–Trinajstić information content (AvgIpc) is 3.13. The van der Waals surface area contributed by atoms with Gasteiger partial charge in [0, 0.05) is 25.8 Å². The van der Waals surface area contributed by atoms with Gasteiger partial charge in [0.05, 0.1) is 0 Å². The van der Waals surface area contributed by atoms with Crippen LogP contribution in [0.15, 0.2) is 18.3 Å². The third kappa shape index (κ3) is 2.95. The second-order valence-corrected chi connectivity index (χ2v) is 4.54. The lowest BCUT2D eigenvalue weighted by Gasteiger charge is -2.17. The monoisotopic (exact) mass is 219 g/mol. The first-order chi connectivity index (χ1) is 7.81. The maximum absolute atomic E-state index is 4.43. The number of nitrogens with one attached hydrogen (secondary N) is 1. The van der Waals surface area contributed by atoms with E-state index >= 15 is 0 Å². The Morgan fingerprint density at radius 2 is 2.31 bits per heavy atom. The summed E-state index contributed by atoms with van der Waals surface area (Å²) >= 11 is 0. The van der Waals surface area contributed by atoms with Gasteiger partial charge in [-0.15, -0.1) is 0 Å². The molecule has 88 valence electrons. The van der Waals surface area contributed by atoms with Gasteiger partial charge in [-0.25, -0.2) is 4.98 Å². The zero-order valence-corrected chi connectivity index (χ0v) is 10.2. The van der Waals surface area contributed by atoms with Gasteiger partial charge in [0.15, 0.2) is 0 Å². The molecule has 16 heavy (non-hydrogen) atoms. The summed E-state index contributed by atoms with van der Waals surface area (Å²) in [5.74, 6) is 1.11. The molecule has 1 aromatic heterocycles. The Balaban J connectivity index is 1.95. The Morgan fingerprint density at radius 1 is 1.50 bits per heavy atom. The SMILES string of the molecule is CCCNCc1ccnc(N(C)C2CC2)c1. The fourth-order valence-corrected chi connectivity index (χ4v) is 1.82. The molecule has 0 spiro atoms. The first-order valence-corrected chi connectivity index (χ1v) is 6.19. The summed E-state index contributed by atoms with van der Waals surface area (Å²) in [4.78, 5) is 6.72. The summed E-state index contributed by atoms with van der Waals surface area (Å²) in [5.41, 5.74) is 1.32. The molecule has 1 heterocycles. The summed E-state index contributed by atoms with van der Waals surface area (Å²) in [6.45, 7) is 4.21. The van der Waals surface area contributed by atoms with Gasteiger partial charge in [-0.05, 0) is 43.5 Å². The van der Waals surface area contributed by atoms with E-state index in [2.05, 4.69) is 41.3 Å². The van der Waals surface area contributed by atoms with Gasteiger partial charge in [0.1, 0.15) is 5.82 Å². The van der Waals surface area contributed by atoms with Gasteiger partial charge in [0.25, 0.3) is 0 Å². The molecule has 0 aliphatic heterocycles. The van der Waals surface area contributed by atoms with Crippen molar-refractivity contribution in [2.75, 3.05) is 18.5 Å². The molecule has 1 aromatic rings. The second kappa shape index (κ2) is 5.30. The molecule has 1 aliphatic rings. The van der Waals surface area contributed by atoms with Crippen molar-refractivity contribution in [1.82, 2.24) is 10.3 Å². The smallest absolute Gasteiger partial charge is 0.128 e. The summed E-state index contributed by atoms with van der Waals surface area (Å²) in [6.07, 6.45) is 5.73. The summed E-state index contributed by atoms with van der Waals surface area (Å²) in [6, 6.07) is 5.01. The maximum atomic E-state index is 4.43. The third-order valence-electron chi connectivity index (χ3n) is 3.02. The largest absolute Gasteiger partial charge is 0.357 e. The van der Waals surface area contributed by atoms with Crippen LogP contribution in [0.4, 0.5) is 5.82 Å². The topological polar surface area (TPSA) is 28.2 Å². The predicted molar refractivity (Wildman–Crippen MR) is 67.7 cm³/mol. The predicted octanol–water partition coefficient (Wildman–Crippen LogP) is 2.18. The molecule has 0 amide bonds. The Labute approximate surface area is 97.9 Å². The Bertz CT molecular complexity index is 334. The number of rotatable bonds is 6. The molecule has 1 aliphatic carbocycles. The van der Waals surface area contributed by atoms with Crippen LogP contribution in [0, 0.1) is 0 Å². The molecule has 0 saturated heterocycles. The number of anilines is 1. The molecule has 0 atom stereocenters. The van der Waals surface area contributed by atoms with Gasteiger partial charge in [0.2, 0.25) is 0 Å². The summed E-state index contributed by atoms with van der Waals surface area (Å²) in [5, 5.41) is 3.42. The average molecular weight is 219 g/mol. The standard InChI is InChI=1S/C13H21N3/c1-3-7-14-10-11-6-8-15-13(9-11)16(2)12-4-5-12/h6,8-9,12,14H,3-5,7,10H2,1-2H3. The number of pyridine rings is 1. The van der Waals surface area contributed by atoms with E-state index in [0.29, 0.717) is 0 Å². The highest BCUT2D eigenvalue weighted by Crippen LogP contribution is 2.29. The molecule has 1 N–H and O–H groups in total. The van der Waals surface area contributed by atoms with Crippen molar-refractivity contribution >= 4 is 5.82 Å². The summed E-state index contributed by atoms with van der Waals surface area (Å²) < 4.78 is 0. The quantitative estimate of drug-likeness (QED) is 0.743. The lowest BCUT2D eigenvalue weighted by Crippen LogP contribution is -2.21. The Morgan fingerprint density at radius 3 is 3.00 bits per heavy atom. The van der Waals surface area contributed by atoms with Crippen LogP contribution in [0.2, 0.25) is 0 Å². The number of aromatic nitrogens is 1. The van der Waals surface area contributed by atoms with Crippen LogP contribution < -0.4 is 10.2 Å². The van der Waals surface area contributed by atoms with Crippen molar-refractivity contribution in [3.8, 4) is 0 Å². The molecule has 1 saturated carbocycles. The molecule has 3 heteroatoms. The normalized spacial score (nSPS) is 15.1. The fourth-order valence-electron chi connectivity index (χ4n) is 1.82. The lowest BCUT2D eigenvalue weighted by molar-refractivity contribution is 0.674. The van der Waals surface area contributed by atoms with Gasteiger partial charge >= 0.3 is 0 Å². The van der Waals surface area contributed by atoms with Gasteiger partial charge < -0.3 is 10.2 Å². The van der Waals surface area contributed by atoms with Crippen molar-refractivity contribution in [1.29, 1.82) is 0 Å². The van der Waals surface area contributed by atoms with E-state index in [0.717, 1.165) is 24.9 Å². The zero-order chi connectivity index (χ0) is 11.4. The second-order valence-electron chi connectivity index (χ2n) is 4.54. The van der Waals surface area contributed by atoms with Crippen molar-refractivity contribution < 1.29 is 0 Å². The van der Waals surface area contributed by atoms with E-state index < -0.39 is 0 Å². The van der Waals surface area contributed by atoms with Crippen LogP contribution in [0.1, 0.15) is 31.7 Å². The number of hydrogen-bond acceptors (Lipinski definition) is 3. The number of nitrogens with zero attached hydrogens (tertiary/aromatic N) is 2. The van der Waals surface area contributed by atoms with Crippen LogP contribution in [0.5, 0.6) is 0 Å². The fraction of sp³-hybridized carbons (Fsp3) is 0.615. The molecule has 0 bridgehead atoms. The molecule has 3 nitrogen and oxygen atoms in total. The van der Waals surface area contributed by atoms with Crippen molar-refractivity contribution in [2.24, 2.45) is 0 Å². The highest BCUT2D eigenvalue weighted by Gasteiger charge is 2.26. The molecule has 0 unspecified atom stereocenters. The third-order valence-corrected chi connectivity index (χ3v) is 3.02. The van der Waals surface area contributed by atoms with Crippen LogP contribution in [-0.2, 0) is 6.54 Å². The highest BCUT2D eigenvalue weighted by molar-refractivity contribution is 5.42. The van der Waals surface area contributed by atoms with E-state index in [4.69, 9.17) is 0 Å². The molecule has 0 radical (unpaired) electrons. The van der Waals surface area contributed by atoms with Crippen molar-refractivity contribution in [3.63, 3.8) is 0 Å². The van der Waals surface area contributed by atoms with Gasteiger partial charge in [-0.3, -0.25) is 0 Å². The van der Waals surface area contributed by atoms with Gasteiger partial charge in [-0.1, -0.05) is 6.92 Å². The van der Waals surface area contributed by atoms with Crippen molar-refractivity contribution in [3.05, 3.63) is 23.9 Å². The number of hydrogen-bond donors (Lipinski definition) is 1. The minimum Gasteiger partial charge on any atom is -0.357 e. The van der Waals surface area contributed by atoms with Crippen molar-refractivity contribution in [2.45, 2.75) is 38.8 Å². The molecule has 1 fully saturated rings. The summed E-state index contributed by atoms with van der Waals surface area (Å²) in [7, 11) is 2.14. The van der Waals surface area contributed by atoms with Crippen LogP contribution >= 0.6 is 0 Å². The molecule has 0 aromatic carbocycles. The lowest BCUT2D eigenvalue weighted by atomic mass is 10.2. The minimum absolute atomic E-state index is 0.728. The van der Waals surface area contributed by atoms with Gasteiger partial charge in [-0.2, -0.15) is 0 Å². The Hall–Kier alpha value is -1.09. The van der Waals surface area contributed by atoms with E-state index in [1.807, 2.05) is 6.20 Å². The molecule has 2 rings (SSSR count). The van der Waals surface area contributed by atoms with Crippen LogP contribution in [0.25, 0.3) is 0 Å². The molecular formula is C13H21N3. The van der Waals surface area contributed by atoms with E-state index in [-0.39, 0.29) is 0 Å². The molecular weight excluding hydrogens is 198 g/mol. The first kappa shape index (κ1) is 11.4. The highest BCUT2D eigenvalue weighted by atomic mass is 15.2. The van der Waals surface area contributed by atoms with Crippen LogP contribution in [0.3, 0.4) is 0 Å². The Kier molecular flexibility index (Phi) is 3.78.